The maximum atomic E-state index is 14.7. The molecule has 0 saturated carbocycles. The Bertz CT molecular complexity index is 969. The van der Waals surface area contributed by atoms with Crippen LogP contribution in [-0.2, 0) is 9.59 Å². The molecular formula is C24H26FNO4. The van der Waals surface area contributed by atoms with Crippen LogP contribution in [0.25, 0.3) is 5.76 Å². The standard InChI is InChI=1S/C24H26FNO4/c1-3-5-8-14-26-21(18-12-6-7-13-19(18)25)20(23(28)24(26)29)22(27)16-10-9-11-17(15-16)30-4-2/h6-7,9-13,15,21,27H,3-5,8,14H2,1-2H3/b22-20-. The molecule has 0 radical (unpaired) electrons. The summed E-state index contributed by atoms with van der Waals surface area (Å²) in [7, 11) is 0. The van der Waals surface area contributed by atoms with Crippen molar-refractivity contribution in [3.05, 3.63) is 71.0 Å². The number of unbranched alkanes of at least 4 members (excludes halogenated alkanes) is 2. The van der Waals surface area contributed by atoms with E-state index in [2.05, 4.69) is 0 Å². The van der Waals surface area contributed by atoms with Gasteiger partial charge in [0.05, 0.1) is 18.2 Å². The van der Waals surface area contributed by atoms with Crippen LogP contribution < -0.4 is 4.74 Å². The Morgan fingerprint density at radius 3 is 2.57 bits per heavy atom. The van der Waals surface area contributed by atoms with Gasteiger partial charge in [-0.2, -0.15) is 0 Å². The average molecular weight is 411 g/mol. The number of Topliss-reactive ketones (excluding diaryl/α,β-unsaturated/α-hetero) is 1. The lowest BCUT2D eigenvalue weighted by atomic mass is 9.94. The van der Waals surface area contributed by atoms with E-state index in [1.807, 2.05) is 13.8 Å². The van der Waals surface area contributed by atoms with Crippen LogP contribution in [-0.4, -0.2) is 34.8 Å². The number of aliphatic hydroxyl groups is 1. The zero-order valence-electron chi connectivity index (χ0n) is 17.2. The minimum atomic E-state index is -0.973. The first-order valence-corrected chi connectivity index (χ1v) is 10.3. The predicted octanol–water partition coefficient (Wildman–Crippen LogP) is 4.84. The largest absolute Gasteiger partial charge is 0.507 e. The van der Waals surface area contributed by atoms with Crippen LogP contribution in [0, 0.1) is 5.82 Å². The van der Waals surface area contributed by atoms with Gasteiger partial charge in [0, 0.05) is 17.7 Å². The molecule has 3 rings (SSSR count). The molecule has 30 heavy (non-hydrogen) atoms. The van der Waals surface area contributed by atoms with Gasteiger partial charge in [0.2, 0.25) is 0 Å². The lowest BCUT2D eigenvalue weighted by Crippen LogP contribution is -2.31. The quantitative estimate of drug-likeness (QED) is 0.292. The third-order valence-electron chi connectivity index (χ3n) is 5.16. The number of carbonyl (C=O) groups excluding carboxylic acids is 2. The number of ether oxygens (including phenoxy) is 1. The Hall–Kier alpha value is -3.15. The Balaban J connectivity index is 2.13. The number of rotatable bonds is 8. The van der Waals surface area contributed by atoms with Crippen LogP contribution >= 0.6 is 0 Å². The summed E-state index contributed by atoms with van der Waals surface area (Å²) in [5.41, 5.74) is 0.430. The molecule has 1 amide bonds. The molecule has 6 heteroatoms. The topological polar surface area (TPSA) is 66.8 Å². The van der Waals surface area contributed by atoms with E-state index < -0.39 is 23.5 Å². The first-order chi connectivity index (χ1) is 14.5. The summed E-state index contributed by atoms with van der Waals surface area (Å²) in [6.45, 7) is 4.63. The van der Waals surface area contributed by atoms with Gasteiger partial charge in [0.1, 0.15) is 17.3 Å². The van der Waals surface area contributed by atoms with Gasteiger partial charge in [-0.25, -0.2) is 4.39 Å². The summed E-state index contributed by atoms with van der Waals surface area (Å²) in [6, 6.07) is 11.7. The molecule has 1 heterocycles. The van der Waals surface area contributed by atoms with Gasteiger partial charge in [-0.1, -0.05) is 50.1 Å². The molecule has 5 nitrogen and oxygen atoms in total. The van der Waals surface area contributed by atoms with Gasteiger partial charge >= 0.3 is 0 Å². The fourth-order valence-corrected chi connectivity index (χ4v) is 3.72. The van der Waals surface area contributed by atoms with E-state index in [0.717, 1.165) is 12.8 Å². The average Bonchev–Trinajstić information content (AvgIpc) is 2.99. The van der Waals surface area contributed by atoms with Crippen molar-refractivity contribution in [3.63, 3.8) is 0 Å². The molecule has 1 saturated heterocycles. The SMILES string of the molecule is CCCCCN1C(=O)C(=O)/C(=C(\O)c2cccc(OCC)c2)C1c1ccccc1F. The minimum Gasteiger partial charge on any atom is -0.507 e. The van der Waals surface area contributed by atoms with Crippen molar-refractivity contribution in [3.8, 4) is 5.75 Å². The number of benzene rings is 2. The Morgan fingerprint density at radius 2 is 1.87 bits per heavy atom. The van der Waals surface area contributed by atoms with Crippen molar-refractivity contribution in [1.82, 2.24) is 4.90 Å². The van der Waals surface area contributed by atoms with Gasteiger partial charge in [-0.15, -0.1) is 0 Å². The summed E-state index contributed by atoms with van der Waals surface area (Å²) < 4.78 is 20.2. The molecule has 0 bridgehead atoms. The summed E-state index contributed by atoms with van der Waals surface area (Å²) in [5, 5.41) is 11.0. The van der Waals surface area contributed by atoms with Crippen LogP contribution in [0.1, 0.15) is 50.3 Å². The van der Waals surface area contributed by atoms with Gasteiger partial charge in [0.25, 0.3) is 11.7 Å². The number of hydrogen-bond acceptors (Lipinski definition) is 4. The Morgan fingerprint density at radius 1 is 1.10 bits per heavy atom. The lowest BCUT2D eigenvalue weighted by Gasteiger charge is -2.25. The van der Waals surface area contributed by atoms with E-state index >= 15 is 0 Å². The number of halogens is 1. The lowest BCUT2D eigenvalue weighted by molar-refractivity contribution is -0.139. The number of hydrogen-bond donors (Lipinski definition) is 1. The molecule has 1 unspecified atom stereocenters. The molecule has 0 aromatic heterocycles. The maximum Gasteiger partial charge on any atom is 0.295 e. The normalized spacial score (nSPS) is 18.1. The first-order valence-electron chi connectivity index (χ1n) is 10.3. The molecule has 1 aliphatic rings. The minimum absolute atomic E-state index is 0.102. The molecule has 1 aliphatic heterocycles. The van der Waals surface area contributed by atoms with Crippen LogP contribution in [0.5, 0.6) is 5.75 Å². The van der Waals surface area contributed by atoms with Crippen molar-refractivity contribution < 1.29 is 23.8 Å². The first kappa shape index (κ1) is 21.6. The second kappa shape index (κ2) is 9.57. The van der Waals surface area contributed by atoms with Crippen molar-refractivity contribution >= 4 is 17.4 Å². The number of carbonyl (C=O) groups is 2. The zero-order valence-corrected chi connectivity index (χ0v) is 17.2. The molecule has 1 fully saturated rings. The molecule has 0 aliphatic carbocycles. The maximum absolute atomic E-state index is 14.7. The molecule has 0 spiro atoms. The van der Waals surface area contributed by atoms with E-state index in [1.54, 1.807) is 42.5 Å². The monoisotopic (exact) mass is 411 g/mol. The van der Waals surface area contributed by atoms with Crippen LogP contribution in [0.3, 0.4) is 0 Å². The van der Waals surface area contributed by atoms with Gasteiger partial charge in [-0.3, -0.25) is 9.59 Å². The van der Waals surface area contributed by atoms with E-state index in [4.69, 9.17) is 4.74 Å². The number of amides is 1. The van der Waals surface area contributed by atoms with Gasteiger partial charge < -0.3 is 14.7 Å². The highest BCUT2D eigenvalue weighted by molar-refractivity contribution is 6.46. The second-order valence-electron chi connectivity index (χ2n) is 7.18. The fraction of sp³-hybridized carbons (Fsp3) is 0.333. The smallest absolute Gasteiger partial charge is 0.295 e. The Kier molecular flexibility index (Phi) is 6.87. The van der Waals surface area contributed by atoms with Crippen molar-refractivity contribution in [1.29, 1.82) is 0 Å². The highest BCUT2D eigenvalue weighted by Gasteiger charge is 2.46. The van der Waals surface area contributed by atoms with Crippen LogP contribution in [0.2, 0.25) is 0 Å². The van der Waals surface area contributed by atoms with E-state index in [-0.39, 0.29) is 16.9 Å². The third-order valence-corrected chi connectivity index (χ3v) is 5.16. The number of likely N-dealkylation sites (tertiary alicyclic amines) is 1. The van der Waals surface area contributed by atoms with E-state index in [0.29, 0.717) is 30.9 Å². The molecular weight excluding hydrogens is 385 g/mol. The molecule has 1 N–H and O–H groups in total. The van der Waals surface area contributed by atoms with Gasteiger partial charge in [-0.05, 0) is 31.5 Å². The number of ketones is 1. The van der Waals surface area contributed by atoms with Crippen molar-refractivity contribution in [2.75, 3.05) is 13.2 Å². The fourth-order valence-electron chi connectivity index (χ4n) is 3.72. The molecule has 1 atom stereocenters. The van der Waals surface area contributed by atoms with Crippen LogP contribution in [0.4, 0.5) is 4.39 Å². The molecule has 158 valence electrons. The van der Waals surface area contributed by atoms with Gasteiger partial charge in [0.15, 0.2) is 0 Å². The highest BCUT2D eigenvalue weighted by Crippen LogP contribution is 2.40. The summed E-state index contributed by atoms with van der Waals surface area (Å²) in [4.78, 5) is 27.1. The van der Waals surface area contributed by atoms with E-state index in [1.165, 1.54) is 11.0 Å². The summed E-state index contributed by atoms with van der Waals surface area (Å²) in [5.74, 6) is -1.86. The van der Waals surface area contributed by atoms with Crippen molar-refractivity contribution in [2.45, 2.75) is 39.2 Å². The second-order valence-corrected chi connectivity index (χ2v) is 7.18. The number of aliphatic hydroxyl groups excluding tert-OH is 1. The van der Waals surface area contributed by atoms with Crippen molar-refractivity contribution in [2.24, 2.45) is 0 Å². The van der Waals surface area contributed by atoms with Crippen LogP contribution in [0.15, 0.2) is 54.1 Å². The van der Waals surface area contributed by atoms with E-state index in [9.17, 15) is 19.1 Å². The third kappa shape index (κ3) is 4.22. The molecule has 2 aromatic rings. The summed E-state index contributed by atoms with van der Waals surface area (Å²) >= 11 is 0. The molecule has 2 aromatic carbocycles. The number of nitrogens with zero attached hydrogens (tertiary/aromatic N) is 1. The zero-order chi connectivity index (χ0) is 21.7. The highest BCUT2D eigenvalue weighted by atomic mass is 19.1. The summed E-state index contributed by atoms with van der Waals surface area (Å²) in [6.07, 6.45) is 2.51. The predicted molar refractivity (Wildman–Crippen MR) is 113 cm³/mol. The Labute approximate surface area is 175 Å².